The number of hydrogen-bond acceptors (Lipinski definition) is 2. The first kappa shape index (κ1) is 22.8. The molecule has 1 amide bonds. The summed E-state index contributed by atoms with van der Waals surface area (Å²) in [6.45, 7) is 2.22. The van der Waals surface area contributed by atoms with E-state index in [0.29, 0.717) is 0 Å². The lowest BCUT2D eigenvalue weighted by molar-refractivity contribution is -0.111. The van der Waals surface area contributed by atoms with Crippen molar-refractivity contribution in [2.24, 2.45) is 0 Å². The maximum Gasteiger partial charge on any atom is 0.248 e. The standard InChI is InChI=1S/C32H30N2O/c1-2-3-4-7-24-12-18-31(33-22-24)25-14-10-23(11-15-25)13-19-32(35)34-28-16-17-30-27(21-28)20-26-8-5-6-9-29(26)30/h5-6,8-19,21-22H,2-4,7,20H2,1H3,(H,34,35)/b19-13+. The van der Waals surface area contributed by atoms with E-state index in [0.717, 1.165) is 35.3 Å². The van der Waals surface area contributed by atoms with Gasteiger partial charge < -0.3 is 5.32 Å². The molecule has 0 fully saturated rings. The van der Waals surface area contributed by atoms with Crippen LogP contribution in [0.25, 0.3) is 28.5 Å². The van der Waals surface area contributed by atoms with Crippen LogP contribution in [0, 0.1) is 0 Å². The number of unbranched alkanes of at least 4 members (excludes halogenated alkanes) is 2. The van der Waals surface area contributed by atoms with Crippen LogP contribution in [0.2, 0.25) is 0 Å². The minimum Gasteiger partial charge on any atom is -0.323 e. The molecular weight excluding hydrogens is 428 g/mol. The summed E-state index contributed by atoms with van der Waals surface area (Å²) in [5, 5.41) is 2.99. The summed E-state index contributed by atoms with van der Waals surface area (Å²) >= 11 is 0. The Morgan fingerprint density at radius 1 is 0.914 bits per heavy atom. The second-order valence-corrected chi connectivity index (χ2v) is 9.16. The quantitative estimate of drug-likeness (QED) is 0.191. The summed E-state index contributed by atoms with van der Waals surface area (Å²) in [6.07, 6.45) is 11.1. The Balaban J connectivity index is 1.18. The maximum absolute atomic E-state index is 12.5. The van der Waals surface area contributed by atoms with Gasteiger partial charge >= 0.3 is 0 Å². The number of nitrogens with one attached hydrogen (secondary N) is 1. The van der Waals surface area contributed by atoms with Gasteiger partial charge in [-0.05, 0) is 76.9 Å². The normalized spacial score (nSPS) is 11.9. The molecule has 1 aliphatic rings. The highest BCUT2D eigenvalue weighted by molar-refractivity contribution is 6.02. The number of nitrogens with zero attached hydrogens (tertiary/aromatic N) is 1. The molecule has 1 aromatic heterocycles. The zero-order valence-corrected chi connectivity index (χ0v) is 20.1. The van der Waals surface area contributed by atoms with Crippen molar-refractivity contribution in [1.29, 1.82) is 0 Å². The van der Waals surface area contributed by atoms with Gasteiger partial charge in [0.15, 0.2) is 0 Å². The van der Waals surface area contributed by atoms with Crippen molar-refractivity contribution >= 4 is 17.7 Å². The summed E-state index contributed by atoms with van der Waals surface area (Å²) in [5.74, 6) is -0.134. The third-order valence-corrected chi connectivity index (χ3v) is 6.59. The smallest absolute Gasteiger partial charge is 0.248 e. The first-order chi connectivity index (χ1) is 17.2. The Hall–Kier alpha value is -3.98. The van der Waals surface area contributed by atoms with Gasteiger partial charge in [-0.2, -0.15) is 0 Å². The molecule has 0 spiro atoms. The molecule has 0 atom stereocenters. The van der Waals surface area contributed by atoms with Crippen molar-refractivity contribution in [3.63, 3.8) is 0 Å². The van der Waals surface area contributed by atoms with Crippen molar-refractivity contribution in [3.8, 4) is 22.4 Å². The lowest BCUT2D eigenvalue weighted by Gasteiger charge is -2.06. The van der Waals surface area contributed by atoms with Crippen LogP contribution < -0.4 is 5.32 Å². The van der Waals surface area contributed by atoms with E-state index in [-0.39, 0.29) is 5.91 Å². The minimum absolute atomic E-state index is 0.134. The number of aromatic nitrogens is 1. The average molecular weight is 459 g/mol. The van der Waals surface area contributed by atoms with E-state index in [1.807, 2.05) is 30.5 Å². The third-order valence-electron chi connectivity index (χ3n) is 6.59. The first-order valence-electron chi connectivity index (χ1n) is 12.5. The zero-order chi connectivity index (χ0) is 24.0. The molecule has 1 aliphatic carbocycles. The number of carbonyl (C=O) groups excluding carboxylic acids is 1. The number of aryl methyl sites for hydroxylation is 1. The minimum atomic E-state index is -0.134. The molecule has 4 aromatic rings. The summed E-state index contributed by atoms with van der Waals surface area (Å²) in [7, 11) is 0. The van der Waals surface area contributed by atoms with Crippen molar-refractivity contribution < 1.29 is 4.79 Å². The third kappa shape index (κ3) is 5.41. The molecule has 1 heterocycles. The fourth-order valence-corrected chi connectivity index (χ4v) is 4.67. The number of anilines is 1. The van der Waals surface area contributed by atoms with Crippen LogP contribution in [0.5, 0.6) is 0 Å². The van der Waals surface area contributed by atoms with Crippen molar-refractivity contribution in [2.75, 3.05) is 5.32 Å². The summed E-state index contributed by atoms with van der Waals surface area (Å²) < 4.78 is 0. The van der Waals surface area contributed by atoms with E-state index in [2.05, 4.69) is 77.9 Å². The molecule has 0 radical (unpaired) electrons. The molecule has 0 saturated carbocycles. The topological polar surface area (TPSA) is 42.0 Å². The van der Waals surface area contributed by atoms with Gasteiger partial charge in [0.2, 0.25) is 5.91 Å². The van der Waals surface area contributed by atoms with Crippen LogP contribution >= 0.6 is 0 Å². The van der Waals surface area contributed by atoms with Crippen LogP contribution in [-0.2, 0) is 17.6 Å². The second kappa shape index (κ2) is 10.5. The second-order valence-electron chi connectivity index (χ2n) is 9.16. The SMILES string of the molecule is CCCCCc1ccc(-c2ccc(/C=C/C(=O)Nc3ccc4c(c3)Cc3ccccc3-4)cc2)nc1. The number of benzene rings is 3. The molecule has 0 bridgehead atoms. The predicted molar refractivity (Wildman–Crippen MR) is 145 cm³/mol. The van der Waals surface area contributed by atoms with Gasteiger partial charge in [-0.1, -0.05) is 80.4 Å². The Morgan fingerprint density at radius 2 is 1.74 bits per heavy atom. The van der Waals surface area contributed by atoms with Crippen LogP contribution in [0.15, 0.2) is 91.1 Å². The number of rotatable bonds is 8. The molecular formula is C32H30N2O. The van der Waals surface area contributed by atoms with Crippen LogP contribution in [0.1, 0.15) is 48.4 Å². The molecule has 3 heteroatoms. The number of fused-ring (bicyclic) bond motifs is 3. The van der Waals surface area contributed by atoms with Gasteiger partial charge in [-0.3, -0.25) is 9.78 Å². The van der Waals surface area contributed by atoms with Gasteiger partial charge in [-0.25, -0.2) is 0 Å². The average Bonchev–Trinajstić information content (AvgIpc) is 3.26. The monoisotopic (exact) mass is 458 g/mol. The van der Waals surface area contributed by atoms with Crippen LogP contribution in [0.4, 0.5) is 5.69 Å². The van der Waals surface area contributed by atoms with E-state index in [4.69, 9.17) is 0 Å². The fourth-order valence-electron chi connectivity index (χ4n) is 4.67. The van der Waals surface area contributed by atoms with Crippen LogP contribution in [0.3, 0.4) is 0 Å². The predicted octanol–water partition coefficient (Wildman–Crippen LogP) is 7.70. The number of hydrogen-bond donors (Lipinski definition) is 1. The van der Waals surface area contributed by atoms with Gasteiger partial charge in [0.1, 0.15) is 0 Å². The maximum atomic E-state index is 12.5. The lowest BCUT2D eigenvalue weighted by atomic mass is 10.1. The Morgan fingerprint density at radius 3 is 2.54 bits per heavy atom. The van der Waals surface area contributed by atoms with E-state index < -0.39 is 0 Å². The molecule has 3 nitrogen and oxygen atoms in total. The first-order valence-corrected chi connectivity index (χ1v) is 12.5. The number of pyridine rings is 1. The van der Waals surface area contributed by atoms with Gasteiger partial charge in [0, 0.05) is 23.5 Å². The Bertz CT molecular complexity index is 1350. The molecule has 3 aromatic carbocycles. The van der Waals surface area contributed by atoms with Crippen molar-refractivity contribution in [3.05, 3.63) is 113 Å². The molecule has 174 valence electrons. The number of amides is 1. The Labute approximate surface area is 207 Å². The molecule has 1 N–H and O–H groups in total. The summed E-state index contributed by atoms with van der Waals surface area (Å²) in [5.41, 5.74) is 10.3. The highest BCUT2D eigenvalue weighted by atomic mass is 16.1. The van der Waals surface area contributed by atoms with E-state index in [9.17, 15) is 4.79 Å². The summed E-state index contributed by atoms with van der Waals surface area (Å²) in [4.78, 5) is 17.1. The highest BCUT2D eigenvalue weighted by Gasteiger charge is 2.18. The van der Waals surface area contributed by atoms with E-state index >= 15 is 0 Å². The largest absolute Gasteiger partial charge is 0.323 e. The van der Waals surface area contributed by atoms with Crippen molar-refractivity contribution in [2.45, 2.75) is 39.0 Å². The molecule has 5 rings (SSSR count). The lowest BCUT2D eigenvalue weighted by Crippen LogP contribution is -2.07. The highest BCUT2D eigenvalue weighted by Crippen LogP contribution is 2.37. The molecule has 35 heavy (non-hydrogen) atoms. The number of carbonyl (C=O) groups is 1. The van der Waals surface area contributed by atoms with Gasteiger partial charge in [0.25, 0.3) is 0 Å². The van der Waals surface area contributed by atoms with Crippen LogP contribution in [-0.4, -0.2) is 10.9 Å². The molecule has 0 saturated heterocycles. The fraction of sp³-hybridized carbons (Fsp3) is 0.188. The van der Waals surface area contributed by atoms with Crippen molar-refractivity contribution in [1.82, 2.24) is 4.98 Å². The van der Waals surface area contributed by atoms with Gasteiger partial charge in [-0.15, -0.1) is 0 Å². The van der Waals surface area contributed by atoms with Gasteiger partial charge in [0.05, 0.1) is 5.69 Å². The zero-order valence-electron chi connectivity index (χ0n) is 20.1. The Kier molecular flexibility index (Phi) is 6.85. The summed E-state index contributed by atoms with van der Waals surface area (Å²) in [6, 6.07) is 27.0. The molecule has 0 unspecified atom stereocenters. The van der Waals surface area contributed by atoms with E-state index in [1.165, 1.54) is 47.1 Å². The van der Waals surface area contributed by atoms with E-state index in [1.54, 1.807) is 6.08 Å². The molecule has 0 aliphatic heterocycles.